The number of aromatic nitrogens is 3. The van der Waals surface area contributed by atoms with E-state index < -0.39 is 16.3 Å². The molecule has 4 N–H and O–H groups in total. The van der Waals surface area contributed by atoms with Crippen LogP contribution in [0.25, 0.3) is 10.9 Å². The molecular weight excluding hydrogens is 440 g/mol. The highest BCUT2D eigenvalue weighted by Gasteiger charge is 2.41. The lowest BCUT2D eigenvalue weighted by Crippen LogP contribution is -2.39. The van der Waals surface area contributed by atoms with Gasteiger partial charge in [0.15, 0.2) is 5.82 Å². The third-order valence-corrected chi connectivity index (χ3v) is 8.68. The van der Waals surface area contributed by atoms with Crippen LogP contribution in [0, 0.1) is 17.2 Å². The zero-order valence-electron chi connectivity index (χ0n) is 18.9. The SMILES string of the molecule is CC(C)(C)N1Cc2cc(Nc3nn([C@@H](CC#N)C4CC4)c4cc[nH]c(=O)c34)ccc2S1(O)O. The highest BCUT2D eigenvalue weighted by atomic mass is 32.3. The van der Waals surface area contributed by atoms with Gasteiger partial charge in [-0.25, -0.2) is 0 Å². The Balaban J connectivity index is 1.54. The number of nitrogens with zero attached hydrogens (tertiary/aromatic N) is 4. The first-order valence-electron chi connectivity index (χ1n) is 11.0. The van der Waals surface area contributed by atoms with Crippen LogP contribution in [0.1, 0.15) is 51.6 Å². The van der Waals surface area contributed by atoms with Crippen LogP contribution >= 0.6 is 10.8 Å². The molecule has 2 aromatic heterocycles. The minimum atomic E-state index is -3.05. The first kappa shape index (κ1) is 22.0. The predicted octanol–water partition coefficient (Wildman–Crippen LogP) is 4.97. The Labute approximate surface area is 193 Å². The maximum Gasteiger partial charge on any atom is 0.261 e. The number of fused-ring (bicyclic) bond motifs is 2. The predicted molar refractivity (Wildman–Crippen MR) is 128 cm³/mol. The number of hydrogen-bond donors (Lipinski definition) is 4. The number of aromatic amines is 1. The van der Waals surface area contributed by atoms with E-state index in [0.717, 1.165) is 18.4 Å². The van der Waals surface area contributed by atoms with Gasteiger partial charge in [-0.3, -0.25) is 18.6 Å². The van der Waals surface area contributed by atoms with Crippen LogP contribution in [0.3, 0.4) is 0 Å². The molecule has 0 saturated heterocycles. The third-order valence-electron chi connectivity index (χ3n) is 6.40. The molecule has 9 nitrogen and oxygen atoms in total. The molecular formula is C23H28N6O3S. The van der Waals surface area contributed by atoms with E-state index in [-0.39, 0.29) is 11.6 Å². The number of hydrogen-bond acceptors (Lipinski definition) is 7. The average Bonchev–Trinajstić information content (AvgIpc) is 3.46. The smallest absolute Gasteiger partial charge is 0.261 e. The van der Waals surface area contributed by atoms with Crippen molar-refractivity contribution >= 4 is 33.2 Å². The number of nitrogens with one attached hydrogen (secondary N) is 2. The highest BCUT2D eigenvalue weighted by Crippen LogP contribution is 2.61. The number of anilines is 2. The summed E-state index contributed by atoms with van der Waals surface area (Å²) in [5.74, 6) is 0.821. The Morgan fingerprint density at radius 1 is 1.33 bits per heavy atom. The summed E-state index contributed by atoms with van der Waals surface area (Å²) in [7, 11) is -3.05. The largest absolute Gasteiger partial charge is 0.338 e. The summed E-state index contributed by atoms with van der Waals surface area (Å²) in [6.07, 6.45) is 4.06. The maximum absolute atomic E-state index is 12.7. The molecule has 1 aliphatic heterocycles. The van der Waals surface area contributed by atoms with E-state index in [2.05, 4.69) is 16.4 Å². The molecule has 0 radical (unpaired) electrons. The first-order chi connectivity index (χ1) is 15.6. The van der Waals surface area contributed by atoms with Gasteiger partial charge in [-0.05, 0) is 69.4 Å². The van der Waals surface area contributed by atoms with Gasteiger partial charge in [-0.15, -0.1) is 10.8 Å². The molecule has 1 fully saturated rings. The molecule has 0 unspecified atom stereocenters. The van der Waals surface area contributed by atoms with E-state index in [4.69, 9.17) is 5.10 Å². The van der Waals surface area contributed by atoms with E-state index in [1.165, 1.54) is 0 Å². The van der Waals surface area contributed by atoms with Gasteiger partial charge in [0.1, 0.15) is 5.39 Å². The van der Waals surface area contributed by atoms with Crippen LogP contribution in [0.2, 0.25) is 0 Å². The molecule has 0 bridgehead atoms. The van der Waals surface area contributed by atoms with Crippen molar-refractivity contribution in [2.24, 2.45) is 5.92 Å². The Bertz CT molecular complexity index is 1330. The standard InChI is InChI=1S/C23H28N6O3S/c1-23(2,3)28-13-15-12-16(6-7-19(15)33(28,31)32)26-21-20-18(9-11-25-22(20)30)29(27-21)17(8-10-24)14-4-5-14/h6-7,9,11-12,14,17,31-32H,4-5,8,13H2,1-3H3,(H,25,30)(H,26,27)/t17-/m0/s1. The number of nitriles is 1. The van der Waals surface area contributed by atoms with Crippen molar-refractivity contribution in [3.63, 3.8) is 0 Å². The Morgan fingerprint density at radius 2 is 2.09 bits per heavy atom. The molecule has 1 aromatic carbocycles. The summed E-state index contributed by atoms with van der Waals surface area (Å²) >= 11 is 0. The Hall–Kier alpha value is -2.84. The Morgan fingerprint density at radius 3 is 2.76 bits per heavy atom. The van der Waals surface area contributed by atoms with Crippen molar-refractivity contribution in [1.29, 1.82) is 5.26 Å². The van der Waals surface area contributed by atoms with E-state index in [1.807, 2.05) is 37.6 Å². The normalized spacial score (nSPS) is 19.8. The molecule has 2 aliphatic rings. The molecule has 0 amide bonds. The van der Waals surface area contributed by atoms with E-state index in [9.17, 15) is 19.2 Å². The summed E-state index contributed by atoms with van der Waals surface area (Å²) in [5.41, 5.74) is 1.57. The van der Waals surface area contributed by atoms with Crippen LogP contribution in [0.15, 0.2) is 40.2 Å². The summed E-state index contributed by atoms with van der Waals surface area (Å²) in [6, 6.07) is 9.39. The second-order valence-electron chi connectivity index (χ2n) is 9.80. The number of rotatable bonds is 5. The molecule has 174 valence electrons. The van der Waals surface area contributed by atoms with Crippen LogP contribution in [-0.2, 0) is 6.54 Å². The van der Waals surface area contributed by atoms with Gasteiger partial charge < -0.3 is 10.3 Å². The van der Waals surface area contributed by atoms with Gasteiger partial charge in [-0.1, -0.05) is 0 Å². The molecule has 5 rings (SSSR count). The van der Waals surface area contributed by atoms with Gasteiger partial charge in [0.2, 0.25) is 0 Å². The first-order valence-corrected chi connectivity index (χ1v) is 12.5. The molecule has 0 spiro atoms. The van der Waals surface area contributed by atoms with E-state index in [0.29, 0.717) is 46.2 Å². The van der Waals surface area contributed by atoms with Crippen molar-refractivity contribution in [3.8, 4) is 6.07 Å². The fourth-order valence-electron chi connectivity index (χ4n) is 4.63. The lowest BCUT2D eigenvalue weighted by Gasteiger charge is -2.44. The van der Waals surface area contributed by atoms with Crippen molar-refractivity contribution in [3.05, 3.63) is 46.4 Å². The lowest BCUT2D eigenvalue weighted by molar-refractivity contribution is 0.227. The molecule has 1 aliphatic carbocycles. The van der Waals surface area contributed by atoms with Gasteiger partial charge >= 0.3 is 0 Å². The van der Waals surface area contributed by atoms with Crippen molar-refractivity contribution in [1.82, 2.24) is 19.1 Å². The Kier molecular flexibility index (Phi) is 5.06. The number of pyridine rings is 1. The third kappa shape index (κ3) is 3.71. The van der Waals surface area contributed by atoms with Crippen LogP contribution in [-0.4, -0.2) is 33.7 Å². The minimum absolute atomic E-state index is 0.0665. The van der Waals surface area contributed by atoms with Crippen molar-refractivity contribution in [2.45, 2.75) is 63.1 Å². The van der Waals surface area contributed by atoms with Gasteiger partial charge in [0, 0.05) is 24.0 Å². The lowest BCUT2D eigenvalue weighted by atomic mass is 10.1. The molecule has 3 aromatic rings. The molecule has 1 saturated carbocycles. The number of H-pyrrole nitrogens is 1. The summed E-state index contributed by atoms with van der Waals surface area (Å²) in [6.45, 7) is 6.27. The monoisotopic (exact) mass is 468 g/mol. The van der Waals surface area contributed by atoms with E-state index in [1.54, 1.807) is 22.6 Å². The zero-order chi connectivity index (χ0) is 23.5. The van der Waals surface area contributed by atoms with Crippen LogP contribution < -0.4 is 10.9 Å². The van der Waals surface area contributed by atoms with Gasteiger partial charge in [-0.2, -0.15) is 14.7 Å². The van der Waals surface area contributed by atoms with Crippen molar-refractivity contribution < 1.29 is 9.11 Å². The minimum Gasteiger partial charge on any atom is -0.338 e. The zero-order valence-corrected chi connectivity index (χ0v) is 19.7. The van der Waals surface area contributed by atoms with Gasteiger partial charge in [0.05, 0.1) is 28.9 Å². The topological polar surface area (TPSA) is 130 Å². The fraction of sp³-hybridized carbons (Fsp3) is 0.435. The second-order valence-corrected chi connectivity index (χ2v) is 11.7. The number of benzene rings is 1. The summed E-state index contributed by atoms with van der Waals surface area (Å²) < 4.78 is 25.2. The average molecular weight is 469 g/mol. The molecule has 10 heteroatoms. The van der Waals surface area contributed by atoms with Crippen molar-refractivity contribution in [2.75, 3.05) is 5.32 Å². The second kappa shape index (κ2) is 7.60. The summed E-state index contributed by atoms with van der Waals surface area (Å²) in [5, 5.41) is 17.8. The van der Waals surface area contributed by atoms with Crippen LogP contribution in [0.5, 0.6) is 0 Å². The summed E-state index contributed by atoms with van der Waals surface area (Å²) in [4.78, 5) is 16.0. The van der Waals surface area contributed by atoms with Gasteiger partial charge in [0.25, 0.3) is 5.56 Å². The molecule has 3 heterocycles. The van der Waals surface area contributed by atoms with E-state index >= 15 is 0 Å². The van der Waals surface area contributed by atoms with Crippen LogP contribution in [0.4, 0.5) is 11.5 Å². The highest BCUT2D eigenvalue weighted by molar-refractivity contribution is 8.22. The molecule has 33 heavy (non-hydrogen) atoms. The molecule has 1 atom stereocenters. The maximum atomic E-state index is 12.7. The quantitative estimate of drug-likeness (QED) is 0.416. The fourth-order valence-corrected chi connectivity index (χ4v) is 6.68.